The maximum Gasteiger partial charge on any atom is 0.224 e. The van der Waals surface area contributed by atoms with Crippen molar-refractivity contribution >= 4 is 41.6 Å². The lowest BCUT2D eigenvalue weighted by atomic mass is 10.0. The van der Waals surface area contributed by atoms with E-state index >= 15 is 0 Å². The monoisotopic (exact) mass is 345 g/mol. The average Bonchev–Trinajstić information content (AvgIpc) is 2.59. The van der Waals surface area contributed by atoms with Gasteiger partial charge in [-0.1, -0.05) is 62.1 Å². The summed E-state index contributed by atoms with van der Waals surface area (Å²) in [4.78, 5) is 2.42. The maximum absolute atomic E-state index is 2.45. The van der Waals surface area contributed by atoms with E-state index in [1.165, 1.54) is 27.7 Å². The van der Waals surface area contributed by atoms with Crippen molar-refractivity contribution in [2.24, 2.45) is 0 Å². The van der Waals surface area contributed by atoms with Crippen molar-refractivity contribution in [3.63, 3.8) is 0 Å². The normalized spacial score (nSPS) is 14.4. The summed E-state index contributed by atoms with van der Waals surface area (Å²) in [5, 5.41) is 4.35. The third-order valence-corrected chi connectivity index (χ3v) is 6.94. The highest BCUT2D eigenvalue weighted by Crippen LogP contribution is 2.30. The van der Waals surface area contributed by atoms with Gasteiger partial charge in [-0.3, -0.25) is 0 Å². The molecule has 0 N–H and O–H groups in total. The fourth-order valence-electron chi connectivity index (χ4n) is 3.91. The number of nitrogens with zero attached hydrogens (tertiary/aromatic N) is 2. The molecule has 3 aromatic rings. The quantitative estimate of drug-likeness (QED) is 0.488. The van der Waals surface area contributed by atoms with E-state index < -0.39 is 8.07 Å². The van der Waals surface area contributed by atoms with Crippen molar-refractivity contribution in [1.82, 2.24) is 0 Å². The second-order valence-electron chi connectivity index (χ2n) is 7.93. The van der Waals surface area contributed by atoms with Crippen molar-refractivity contribution in [2.75, 3.05) is 18.6 Å². The van der Waals surface area contributed by atoms with Gasteiger partial charge in [0.05, 0.1) is 19.3 Å². The minimum atomic E-state index is -1.50. The summed E-state index contributed by atoms with van der Waals surface area (Å²) in [7, 11) is 0.722. The summed E-state index contributed by atoms with van der Waals surface area (Å²) in [6, 6.07) is 21.8. The topological polar surface area (TPSA) is 6.25 Å². The van der Waals surface area contributed by atoms with E-state index in [2.05, 4.69) is 103 Å². The maximum atomic E-state index is 2.45. The van der Waals surface area contributed by atoms with Crippen LogP contribution >= 0.6 is 0 Å². The summed E-state index contributed by atoms with van der Waals surface area (Å²) >= 11 is 0. The molecule has 0 atom stereocenters. The molecule has 0 aliphatic carbocycles. The minimum Gasteiger partial charge on any atom is -0.319 e. The molecule has 25 heavy (non-hydrogen) atoms. The Labute approximate surface area is 151 Å². The second-order valence-corrected chi connectivity index (χ2v) is 12.9. The van der Waals surface area contributed by atoms with Gasteiger partial charge in [-0.15, -0.1) is 0 Å². The van der Waals surface area contributed by atoms with Crippen molar-refractivity contribution in [3.8, 4) is 0 Å². The zero-order valence-corrected chi connectivity index (χ0v) is 16.5. The Morgan fingerprint density at radius 2 is 1.60 bits per heavy atom. The molecule has 0 saturated carbocycles. The van der Waals surface area contributed by atoms with Crippen molar-refractivity contribution in [3.05, 3.63) is 66.2 Å². The number of para-hydroxylation sites is 1. The predicted molar refractivity (Wildman–Crippen MR) is 112 cm³/mol. The molecule has 0 fully saturated rings. The number of rotatable bonds is 2. The zero-order chi connectivity index (χ0) is 17.6. The Balaban J connectivity index is 2.02. The molecule has 126 valence electrons. The first kappa shape index (κ1) is 16.1. The van der Waals surface area contributed by atoms with Crippen LogP contribution in [-0.4, -0.2) is 32.6 Å². The summed E-state index contributed by atoms with van der Waals surface area (Å²) in [6.07, 6.45) is 2.32. The number of hydrogen-bond donors (Lipinski definition) is 0. The van der Waals surface area contributed by atoms with Gasteiger partial charge in [0.15, 0.2) is 6.21 Å². The van der Waals surface area contributed by atoms with Gasteiger partial charge in [0, 0.05) is 19.2 Å². The first-order valence-corrected chi connectivity index (χ1v) is 12.4. The minimum absolute atomic E-state index is 0.882. The molecule has 3 aromatic carbocycles. The van der Waals surface area contributed by atoms with E-state index in [9.17, 15) is 0 Å². The molecule has 0 spiro atoms. The molecule has 0 unspecified atom stereocenters. The number of fused-ring (bicyclic) bond motifs is 2. The Morgan fingerprint density at radius 1 is 0.920 bits per heavy atom. The van der Waals surface area contributed by atoms with Crippen LogP contribution in [0.3, 0.4) is 0 Å². The van der Waals surface area contributed by atoms with Gasteiger partial charge in [-0.05, 0) is 22.0 Å². The van der Waals surface area contributed by atoms with Crippen molar-refractivity contribution in [2.45, 2.75) is 19.6 Å². The van der Waals surface area contributed by atoms with Crippen LogP contribution in [0.5, 0.6) is 0 Å². The summed E-state index contributed by atoms with van der Waals surface area (Å²) in [5.74, 6) is 0. The zero-order valence-electron chi connectivity index (χ0n) is 15.5. The SMILES string of the molecule is CN1C[N+](c2ccccc2)=Cc2cc3ccccc3c([Si](C)(C)C)c21. The molecule has 3 heteroatoms. The average molecular weight is 346 g/mol. The second kappa shape index (κ2) is 5.85. The van der Waals surface area contributed by atoms with E-state index in [0.717, 1.165) is 6.67 Å². The van der Waals surface area contributed by atoms with Gasteiger partial charge < -0.3 is 4.90 Å². The molecule has 4 rings (SSSR count). The van der Waals surface area contributed by atoms with Crippen LogP contribution in [-0.2, 0) is 0 Å². The van der Waals surface area contributed by atoms with Crippen molar-refractivity contribution < 1.29 is 4.58 Å². The van der Waals surface area contributed by atoms with E-state index in [1.54, 1.807) is 5.19 Å². The molecular weight excluding hydrogens is 320 g/mol. The number of benzene rings is 3. The fraction of sp³-hybridized carbons (Fsp3) is 0.227. The predicted octanol–water partition coefficient (Wildman–Crippen LogP) is 4.56. The summed E-state index contributed by atoms with van der Waals surface area (Å²) in [6.45, 7) is 8.23. The first-order valence-electron chi connectivity index (χ1n) is 8.89. The molecule has 0 radical (unpaired) electrons. The Kier molecular flexibility index (Phi) is 3.77. The first-order chi connectivity index (χ1) is 11.9. The smallest absolute Gasteiger partial charge is 0.224 e. The Hall–Kier alpha value is -2.39. The van der Waals surface area contributed by atoms with Crippen molar-refractivity contribution in [1.29, 1.82) is 0 Å². The van der Waals surface area contributed by atoms with Crippen LogP contribution in [0.15, 0.2) is 60.7 Å². The summed E-state index contributed by atoms with van der Waals surface area (Å²) in [5.41, 5.74) is 3.99. The lowest BCUT2D eigenvalue weighted by Gasteiger charge is -2.31. The third-order valence-electron chi connectivity index (χ3n) is 4.93. The van der Waals surface area contributed by atoms with E-state index in [0.29, 0.717) is 0 Å². The van der Waals surface area contributed by atoms with Crippen LogP contribution < -0.4 is 10.1 Å². The highest BCUT2D eigenvalue weighted by Gasteiger charge is 2.31. The van der Waals surface area contributed by atoms with Gasteiger partial charge in [-0.25, -0.2) is 0 Å². The van der Waals surface area contributed by atoms with E-state index in [4.69, 9.17) is 0 Å². The van der Waals surface area contributed by atoms with Crippen LogP contribution in [0.25, 0.3) is 10.8 Å². The summed E-state index contributed by atoms with van der Waals surface area (Å²) < 4.78 is 2.34. The highest BCUT2D eigenvalue weighted by molar-refractivity contribution is 6.91. The molecule has 0 bridgehead atoms. The van der Waals surface area contributed by atoms with Gasteiger partial charge in [0.2, 0.25) is 12.4 Å². The lowest BCUT2D eigenvalue weighted by Crippen LogP contribution is -2.45. The molecule has 0 saturated heterocycles. The highest BCUT2D eigenvalue weighted by atomic mass is 28.3. The van der Waals surface area contributed by atoms with Crippen LogP contribution in [0.2, 0.25) is 19.6 Å². The van der Waals surface area contributed by atoms with Gasteiger partial charge in [0.25, 0.3) is 0 Å². The standard InChI is InChI=1S/C22H25N2Si/c1-23-16-24(19-11-6-5-7-12-19)15-18-14-17-10-8-9-13-20(17)22(21(18)23)25(2,3)4/h5-15H,16H2,1-4H3/q+1. The molecule has 1 heterocycles. The van der Waals surface area contributed by atoms with Gasteiger partial charge in [-0.2, -0.15) is 4.58 Å². The van der Waals surface area contributed by atoms with E-state index in [1.807, 2.05) is 0 Å². The van der Waals surface area contributed by atoms with Crippen LogP contribution in [0.1, 0.15) is 5.56 Å². The largest absolute Gasteiger partial charge is 0.319 e. The van der Waals surface area contributed by atoms with Gasteiger partial charge in [0.1, 0.15) is 0 Å². The number of anilines is 1. The molecular formula is C22H25N2Si+. The molecule has 0 aromatic heterocycles. The molecule has 1 aliphatic heterocycles. The van der Waals surface area contributed by atoms with Crippen LogP contribution in [0.4, 0.5) is 11.4 Å². The Morgan fingerprint density at radius 3 is 2.32 bits per heavy atom. The molecule has 0 amide bonds. The van der Waals surface area contributed by atoms with Gasteiger partial charge >= 0.3 is 0 Å². The third kappa shape index (κ3) is 2.79. The number of hydrogen-bond acceptors (Lipinski definition) is 1. The van der Waals surface area contributed by atoms with Crippen LogP contribution in [0, 0.1) is 0 Å². The molecule has 1 aliphatic rings. The lowest BCUT2D eigenvalue weighted by molar-refractivity contribution is -0.435. The fourth-order valence-corrected chi connectivity index (χ4v) is 5.99. The molecule has 2 nitrogen and oxygen atoms in total. The Bertz CT molecular complexity index is 968. The van der Waals surface area contributed by atoms with E-state index in [-0.39, 0.29) is 0 Å².